The molecule has 0 radical (unpaired) electrons. The Bertz CT molecular complexity index is 447. The quantitative estimate of drug-likeness (QED) is 0.859. The molecule has 2 atom stereocenters. The van der Waals surface area contributed by atoms with Crippen molar-refractivity contribution < 1.29 is 17.9 Å². The van der Waals surface area contributed by atoms with Crippen molar-refractivity contribution in [2.45, 2.75) is 19.1 Å². The number of hydrogen-bond donors (Lipinski definition) is 1. The summed E-state index contributed by atoms with van der Waals surface area (Å²) in [5.74, 6) is -3.77. The summed E-state index contributed by atoms with van der Waals surface area (Å²) in [7, 11) is 1.87. The minimum atomic E-state index is -1.43. The van der Waals surface area contributed by atoms with Crippen molar-refractivity contribution in [3.05, 3.63) is 35.1 Å². The highest BCUT2D eigenvalue weighted by Gasteiger charge is 2.32. The van der Waals surface area contributed by atoms with Crippen molar-refractivity contribution in [3.8, 4) is 0 Å². The van der Waals surface area contributed by atoms with Gasteiger partial charge in [-0.25, -0.2) is 13.2 Å². The maximum atomic E-state index is 13.4. The first-order chi connectivity index (χ1) is 9.54. The SMILES string of the molecule is CCNCC1OCCN(C)C1c1cc(F)c(F)c(F)c1. The Morgan fingerprint density at radius 2 is 1.95 bits per heavy atom. The van der Waals surface area contributed by atoms with Crippen molar-refractivity contribution in [1.29, 1.82) is 0 Å². The normalized spacial score (nSPS) is 24.1. The summed E-state index contributed by atoms with van der Waals surface area (Å²) in [4.78, 5) is 1.97. The molecule has 20 heavy (non-hydrogen) atoms. The molecule has 3 nitrogen and oxygen atoms in total. The molecule has 2 rings (SSSR count). The molecule has 1 aliphatic heterocycles. The Labute approximate surface area is 116 Å². The van der Waals surface area contributed by atoms with Crippen LogP contribution >= 0.6 is 0 Å². The van der Waals surface area contributed by atoms with E-state index in [-0.39, 0.29) is 12.1 Å². The van der Waals surface area contributed by atoms with Crippen LogP contribution in [-0.2, 0) is 4.74 Å². The van der Waals surface area contributed by atoms with E-state index in [1.54, 1.807) is 0 Å². The molecule has 1 aromatic rings. The third-order valence-corrected chi connectivity index (χ3v) is 3.55. The highest BCUT2D eigenvalue weighted by Crippen LogP contribution is 2.30. The van der Waals surface area contributed by atoms with Gasteiger partial charge in [-0.15, -0.1) is 0 Å². The number of benzene rings is 1. The van der Waals surface area contributed by atoms with Gasteiger partial charge in [-0.05, 0) is 31.3 Å². The maximum absolute atomic E-state index is 13.4. The van der Waals surface area contributed by atoms with E-state index in [0.717, 1.165) is 18.7 Å². The topological polar surface area (TPSA) is 24.5 Å². The van der Waals surface area contributed by atoms with Crippen molar-refractivity contribution in [1.82, 2.24) is 10.2 Å². The third-order valence-electron chi connectivity index (χ3n) is 3.55. The van der Waals surface area contributed by atoms with E-state index in [1.165, 1.54) is 0 Å². The van der Waals surface area contributed by atoms with Crippen molar-refractivity contribution in [2.75, 3.05) is 33.3 Å². The standard InChI is InChI=1S/C14H19F3N2O/c1-3-18-8-12-14(19(2)4-5-20-12)9-6-10(15)13(17)11(16)7-9/h6-7,12,14,18H,3-5,8H2,1-2H3. The lowest BCUT2D eigenvalue weighted by Crippen LogP contribution is -2.47. The zero-order valence-electron chi connectivity index (χ0n) is 11.6. The van der Waals surface area contributed by atoms with Crippen LogP contribution in [0.2, 0.25) is 0 Å². The molecule has 1 heterocycles. The van der Waals surface area contributed by atoms with Crippen LogP contribution in [0.1, 0.15) is 18.5 Å². The van der Waals surface area contributed by atoms with Gasteiger partial charge in [0, 0.05) is 13.1 Å². The zero-order chi connectivity index (χ0) is 14.7. The second kappa shape index (κ2) is 6.56. The second-order valence-electron chi connectivity index (χ2n) is 4.94. The van der Waals surface area contributed by atoms with Crippen LogP contribution in [0, 0.1) is 17.5 Å². The van der Waals surface area contributed by atoms with Crippen molar-refractivity contribution in [2.24, 2.45) is 0 Å². The molecule has 2 unspecified atom stereocenters. The molecule has 0 bridgehead atoms. The molecule has 1 fully saturated rings. The molecule has 1 aliphatic rings. The number of likely N-dealkylation sites (N-methyl/N-ethyl adjacent to an activating group) is 2. The molecular formula is C14H19F3N2O. The zero-order valence-corrected chi connectivity index (χ0v) is 11.6. The predicted molar refractivity (Wildman–Crippen MR) is 70.0 cm³/mol. The number of nitrogens with zero attached hydrogens (tertiary/aromatic N) is 1. The lowest BCUT2D eigenvalue weighted by atomic mass is 9.98. The van der Waals surface area contributed by atoms with Crippen molar-refractivity contribution >= 4 is 0 Å². The summed E-state index contributed by atoms with van der Waals surface area (Å²) in [5, 5.41) is 3.17. The van der Waals surface area contributed by atoms with E-state index >= 15 is 0 Å². The van der Waals surface area contributed by atoms with Gasteiger partial charge in [-0.3, -0.25) is 4.90 Å². The Hall–Kier alpha value is -1.11. The van der Waals surface area contributed by atoms with Crippen LogP contribution < -0.4 is 5.32 Å². The van der Waals surface area contributed by atoms with Crippen LogP contribution in [-0.4, -0.2) is 44.3 Å². The molecule has 0 saturated carbocycles. The minimum Gasteiger partial charge on any atom is -0.374 e. The van der Waals surface area contributed by atoms with Crippen LogP contribution in [0.25, 0.3) is 0 Å². The number of ether oxygens (including phenoxy) is 1. The number of hydrogen-bond acceptors (Lipinski definition) is 3. The van der Waals surface area contributed by atoms with Gasteiger partial charge in [0.2, 0.25) is 0 Å². The summed E-state index contributed by atoms with van der Waals surface area (Å²) in [6, 6.07) is 1.80. The molecule has 0 aliphatic carbocycles. The predicted octanol–water partition coefficient (Wildman–Crippen LogP) is 2.09. The van der Waals surface area contributed by atoms with Crippen LogP contribution in [0.3, 0.4) is 0 Å². The van der Waals surface area contributed by atoms with E-state index in [4.69, 9.17) is 4.74 Å². The van der Waals surface area contributed by atoms with Gasteiger partial charge >= 0.3 is 0 Å². The maximum Gasteiger partial charge on any atom is 0.194 e. The smallest absolute Gasteiger partial charge is 0.194 e. The molecule has 0 aromatic heterocycles. The first-order valence-electron chi connectivity index (χ1n) is 6.71. The molecule has 1 saturated heterocycles. The lowest BCUT2D eigenvalue weighted by Gasteiger charge is -2.39. The fraction of sp³-hybridized carbons (Fsp3) is 0.571. The van der Waals surface area contributed by atoms with Gasteiger partial charge in [0.25, 0.3) is 0 Å². The second-order valence-corrected chi connectivity index (χ2v) is 4.94. The Balaban J connectivity index is 2.30. The average Bonchev–Trinajstić information content (AvgIpc) is 2.42. The van der Waals surface area contributed by atoms with E-state index < -0.39 is 17.5 Å². The monoisotopic (exact) mass is 288 g/mol. The van der Waals surface area contributed by atoms with E-state index in [2.05, 4.69) is 5.32 Å². The number of nitrogens with one attached hydrogen (secondary N) is 1. The van der Waals surface area contributed by atoms with E-state index in [1.807, 2.05) is 18.9 Å². The van der Waals surface area contributed by atoms with Crippen LogP contribution in [0.15, 0.2) is 12.1 Å². The number of rotatable bonds is 4. The summed E-state index contributed by atoms with van der Waals surface area (Å²) in [6.45, 7) is 4.55. The van der Waals surface area contributed by atoms with Crippen LogP contribution in [0.4, 0.5) is 13.2 Å². The van der Waals surface area contributed by atoms with Crippen LogP contribution in [0.5, 0.6) is 0 Å². The molecule has 1 N–H and O–H groups in total. The summed E-state index contributed by atoms with van der Waals surface area (Å²) in [6.07, 6.45) is -0.224. The summed E-state index contributed by atoms with van der Waals surface area (Å²) >= 11 is 0. The van der Waals surface area contributed by atoms with Crippen molar-refractivity contribution in [3.63, 3.8) is 0 Å². The molecule has 6 heteroatoms. The number of morpholine rings is 1. The first-order valence-corrected chi connectivity index (χ1v) is 6.71. The number of halogens is 3. The Kier molecular flexibility index (Phi) is 5.01. The van der Waals surface area contributed by atoms with Gasteiger partial charge in [-0.2, -0.15) is 0 Å². The first kappa shape index (κ1) is 15.3. The summed E-state index contributed by atoms with van der Waals surface area (Å²) < 4.78 is 45.6. The molecular weight excluding hydrogens is 269 g/mol. The van der Waals surface area contributed by atoms with E-state index in [0.29, 0.717) is 25.3 Å². The minimum absolute atomic E-state index is 0.224. The lowest BCUT2D eigenvalue weighted by molar-refractivity contribution is -0.0613. The molecule has 0 spiro atoms. The largest absolute Gasteiger partial charge is 0.374 e. The molecule has 0 amide bonds. The van der Waals surface area contributed by atoms with Gasteiger partial charge in [0.15, 0.2) is 17.5 Å². The summed E-state index contributed by atoms with van der Waals surface area (Å²) in [5.41, 5.74) is 0.395. The average molecular weight is 288 g/mol. The van der Waals surface area contributed by atoms with E-state index in [9.17, 15) is 13.2 Å². The highest BCUT2D eigenvalue weighted by molar-refractivity contribution is 5.24. The van der Waals surface area contributed by atoms with Gasteiger partial charge in [0.05, 0.1) is 18.8 Å². The highest BCUT2D eigenvalue weighted by atomic mass is 19.2. The Morgan fingerprint density at radius 1 is 1.30 bits per heavy atom. The van der Waals surface area contributed by atoms with Gasteiger partial charge < -0.3 is 10.1 Å². The fourth-order valence-electron chi connectivity index (χ4n) is 2.53. The fourth-order valence-corrected chi connectivity index (χ4v) is 2.53. The Morgan fingerprint density at radius 3 is 2.55 bits per heavy atom. The van der Waals surface area contributed by atoms with Gasteiger partial charge in [0.1, 0.15) is 0 Å². The molecule has 1 aromatic carbocycles. The third kappa shape index (κ3) is 3.13. The molecule has 112 valence electrons. The van der Waals surface area contributed by atoms with Gasteiger partial charge in [-0.1, -0.05) is 6.92 Å².